The second kappa shape index (κ2) is 5.58. The van der Waals surface area contributed by atoms with Crippen molar-refractivity contribution in [2.75, 3.05) is 6.54 Å². The maximum Gasteiger partial charge on any atom is 0.133 e. The third-order valence-electron chi connectivity index (χ3n) is 3.77. The molecule has 0 spiro atoms. The van der Waals surface area contributed by atoms with Gasteiger partial charge in [0, 0.05) is 22.6 Å². The van der Waals surface area contributed by atoms with Gasteiger partial charge in [0.2, 0.25) is 0 Å². The van der Waals surface area contributed by atoms with Crippen molar-refractivity contribution >= 4 is 15.9 Å². The molecule has 1 atom stereocenters. The Bertz CT molecular complexity index is 612. The van der Waals surface area contributed by atoms with Gasteiger partial charge in [-0.25, -0.2) is 0 Å². The van der Waals surface area contributed by atoms with Crippen LogP contribution in [0.15, 0.2) is 33.3 Å². The summed E-state index contributed by atoms with van der Waals surface area (Å²) in [5, 5.41) is 14.1. The highest BCUT2D eigenvalue weighted by Gasteiger charge is 2.28. The van der Waals surface area contributed by atoms with Crippen LogP contribution in [0.5, 0.6) is 5.75 Å². The summed E-state index contributed by atoms with van der Waals surface area (Å²) in [6.07, 6.45) is 2.23. The summed E-state index contributed by atoms with van der Waals surface area (Å²) in [5.74, 6) is 1.19. The molecule has 4 nitrogen and oxygen atoms in total. The maximum atomic E-state index is 9.97. The Labute approximate surface area is 126 Å². The van der Waals surface area contributed by atoms with E-state index in [-0.39, 0.29) is 6.04 Å². The molecular weight excluding hydrogens is 320 g/mol. The fraction of sp³-hybridized carbons (Fsp3) is 0.400. The van der Waals surface area contributed by atoms with Crippen LogP contribution in [0.1, 0.15) is 35.9 Å². The fourth-order valence-electron chi connectivity index (χ4n) is 2.79. The van der Waals surface area contributed by atoms with Gasteiger partial charge in [-0.05, 0) is 44.5 Å². The van der Waals surface area contributed by atoms with Crippen LogP contribution < -0.4 is 0 Å². The van der Waals surface area contributed by atoms with Crippen molar-refractivity contribution in [2.24, 2.45) is 0 Å². The maximum absolute atomic E-state index is 9.97. The number of halogens is 1. The van der Waals surface area contributed by atoms with Crippen molar-refractivity contribution in [1.82, 2.24) is 10.1 Å². The number of phenols is 1. The summed E-state index contributed by atoms with van der Waals surface area (Å²) in [6.45, 7) is 3.65. The molecule has 1 aromatic heterocycles. The van der Waals surface area contributed by atoms with E-state index in [0.29, 0.717) is 5.75 Å². The summed E-state index contributed by atoms with van der Waals surface area (Å²) >= 11 is 3.45. The van der Waals surface area contributed by atoms with E-state index in [1.165, 1.54) is 0 Å². The molecule has 0 saturated carbocycles. The molecule has 0 radical (unpaired) electrons. The summed E-state index contributed by atoms with van der Waals surface area (Å²) in [5.41, 5.74) is 1.93. The molecule has 0 amide bonds. The molecule has 0 bridgehead atoms. The van der Waals surface area contributed by atoms with Gasteiger partial charge in [0.05, 0.1) is 6.04 Å². The first-order valence-corrected chi connectivity index (χ1v) is 7.57. The highest BCUT2D eigenvalue weighted by atomic mass is 79.9. The van der Waals surface area contributed by atoms with Crippen LogP contribution in [0, 0.1) is 6.92 Å². The van der Waals surface area contributed by atoms with Gasteiger partial charge >= 0.3 is 0 Å². The van der Waals surface area contributed by atoms with E-state index in [1.807, 2.05) is 25.1 Å². The third kappa shape index (κ3) is 2.74. The first kappa shape index (κ1) is 13.6. The molecule has 1 aliphatic rings. The molecule has 5 heteroatoms. The minimum atomic E-state index is 0.283. The number of aryl methyl sites for hydroxylation is 1. The number of aromatic hydroxyl groups is 1. The molecule has 1 aliphatic heterocycles. The number of benzene rings is 1. The summed E-state index contributed by atoms with van der Waals surface area (Å²) in [7, 11) is 0. The van der Waals surface area contributed by atoms with Crippen molar-refractivity contribution < 1.29 is 9.63 Å². The van der Waals surface area contributed by atoms with Gasteiger partial charge in [0.1, 0.15) is 17.2 Å². The number of hydrogen-bond donors (Lipinski definition) is 1. The first-order valence-electron chi connectivity index (χ1n) is 6.78. The van der Waals surface area contributed by atoms with E-state index in [2.05, 4.69) is 26.0 Å². The molecule has 2 aromatic rings. The summed E-state index contributed by atoms with van der Waals surface area (Å²) in [6, 6.07) is 7.83. The van der Waals surface area contributed by atoms with Crippen LogP contribution in [-0.2, 0) is 6.54 Å². The van der Waals surface area contributed by atoms with Crippen molar-refractivity contribution in [3.05, 3.63) is 45.8 Å². The third-order valence-corrected chi connectivity index (χ3v) is 4.26. The highest BCUT2D eigenvalue weighted by Crippen LogP contribution is 2.34. The van der Waals surface area contributed by atoms with Gasteiger partial charge in [-0.2, -0.15) is 0 Å². The number of nitrogens with zero attached hydrogens (tertiary/aromatic N) is 2. The second-order valence-corrected chi connectivity index (χ2v) is 6.18. The zero-order chi connectivity index (χ0) is 14.1. The molecule has 1 N–H and O–H groups in total. The molecule has 20 heavy (non-hydrogen) atoms. The average Bonchev–Trinajstić information content (AvgIpc) is 3.02. The summed E-state index contributed by atoms with van der Waals surface area (Å²) in [4.78, 5) is 2.35. The quantitative estimate of drug-likeness (QED) is 0.926. The Morgan fingerprint density at radius 3 is 3.05 bits per heavy atom. The zero-order valence-electron chi connectivity index (χ0n) is 11.3. The van der Waals surface area contributed by atoms with E-state index >= 15 is 0 Å². The molecule has 106 valence electrons. The Kier molecular flexibility index (Phi) is 3.81. The standard InChI is InChI=1S/C15H17BrN2O2/c1-10-7-13(17-20-10)14-3-2-6-18(14)9-11-8-12(16)4-5-15(11)19/h4-5,7-8,14,19H,2-3,6,9H2,1H3/t14-/m0/s1. The van der Waals surface area contributed by atoms with Gasteiger partial charge in [-0.3, -0.25) is 4.90 Å². The lowest BCUT2D eigenvalue weighted by Crippen LogP contribution is -2.23. The Morgan fingerprint density at radius 2 is 2.30 bits per heavy atom. The van der Waals surface area contributed by atoms with Crippen LogP contribution >= 0.6 is 15.9 Å². The monoisotopic (exact) mass is 336 g/mol. The lowest BCUT2D eigenvalue weighted by Gasteiger charge is -2.23. The largest absolute Gasteiger partial charge is 0.508 e. The van der Waals surface area contributed by atoms with Gasteiger partial charge < -0.3 is 9.63 Å². The van der Waals surface area contributed by atoms with Crippen LogP contribution in [0.25, 0.3) is 0 Å². The smallest absolute Gasteiger partial charge is 0.133 e. The van der Waals surface area contributed by atoms with E-state index < -0.39 is 0 Å². The minimum absolute atomic E-state index is 0.283. The number of aromatic nitrogens is 1. The van der Waals surface area contributed by atoms with Gasteiger partial charge in [0.25, 0.3) is 0 Å². The van der Waals surface area contributed by atoms with E-state index in [9.17, 15) is 5.11 Å². The first-order chi connectivity index (χ1) is 9.63. The average molecular weight is 337 g/mol. The molecule has 1 saturated heterocycles. The van der Waals surface area contributed by atoms with Crippen molar-refractivity contribution in [1.29, 1.82) is 0 Å². The minimum Gasteiger partial charge on any atom is -0.508 e. The van der Waals surface area contributed by atoms with E-state index in [1.54, 1.807) is 6.07 Å². The topological polar surface area (TPSA) is 49.5 Å². The number of likely N-dealkylation sites (tertiary alicyclic amines) is 1. The van der Waals surface area contributed by atoms with Gasteiger partial charge in [-0.1, -0.05) is 21.1 Å². The predicted molar refractivity (Wildman–Crippen MR) is 79.4 cm³/mol. The molecule has 0 unspecified atom stereocenters. The SMILES string of the molecule is Cc1cc([C@@H]2CCCN2Cc2cc(Br)ccc2O)no1. The van der Waals surface area contributed by atoms with Gasteiger partial charge in [-0.15, -0.1) is 0 Å². The number of hydrogen-bond acceptors (Lipinski definition) is 4. The molecule has 3 rings (SSSR count). The van der Waals surface area contributed by atoms with Crippen LogP contribution in [0.3, 0.4) is 0 Å². The lowest BCUT2D eigenvalue weighted by molar-refractivity contribution is 0.234. The van der Waals surface area contributed by atoms with Crippen molar-refractivity contribution in [2.45, 2.75) is 32.4 Å². The van der Waals surface area contributed by atoms with E-state index in [4.69, 9.17) is 4.52 Å². The van der Waals surface area contributed by atoms with Crippen LogP contribution in [0.4, 0.5) is 0 Å². The molecule has 1 aromatic carbocycles. The zero-order valence-corrected chi connectivity index (χ0v) is 12.9. The predicted octanol–water partition coefficient (Wildman–Crippen LogP) is 3.79. The summed E-state index contributed by atoms with van der Waals surface area (Å²) < 4.78 is 6.17. The fourth-order valence-corrected chi connectivity index (χ4v) is 3.20. The lowest BCUT2D eigenvalue weighted by atomic mass is 10.1. The Morgan fingerprint density at radius 1 is 1.45 bits per heavy atom. The molecule has 2 heterocycles. The normalized spacial score (nSPS) is 19.6. The number of rotatable bonds is 3. The second-order valence-electron chi connectivity index (χ2n) is 5.26. The van der Waals surface area contributed by atoms with Crippen molar-refractivity contribution in [3.63, 3.8) is 0 Å². The van der Waals surface area contributed by atoms with Crippen molar-refractivity contribution in [3.8, 4) is 5.75 Å². The van der Waals surface area contributed by atoms with Crippen LogP contribution in [-0.4, -0.2) is 21.7 Å². The molecule has 0 aliphatic carbocycles. The van der Waals surface area contributed by atoms with Gasteiger partial charge in [0.15, 0.2) is 0 Å². The molecule has 1 fully saturated rings. The Balaban J connectivity index is 1.81. The highest BCUT2D eigenvalue weighted by molar-refractivity contribution is 9.10. The molecular formula is C15H17BrN2O2. The number of phenolic OH excluding ortho intramolecular Hbond substituents is 1. The van der Waals surface area contributed by atoms with Crippen LogP contribution in [0.2, 0.25) is 0 Å². The Hall–Kier alpha value is -1.33. The van der Waals surface area contributed by atoms with E-state index in [0.717, 1.165) is 47.4 Å².